The first-order chi connectivity index (χ1) is 10.1. The molecule has 1 aromatic rings. The van der Waals surface area contributed by atoms with Crippen LogP contribution in [-0.2, 0) is 9.53 Å². The molecular formula is C16H20FNO3. The van der Waals surface area contributed by atoms with Gasteiger partial charge in [-0.3, -0.25) is 9.69 Å². The van der Waals surface area contributed by atoms with Crippen LogP contribution in [0.3, 0.4) is 0 Å². The number of aliphatic hydroxyl groups excluding tert-OH is 1. The second-order valence-corrected chi connectivity index (χ2v) is 5.90. The second kappa shape index (κ2) is 5.39. The number of hydrogen-bond acceptors (Lipinski definition) is 4. The highest BCUT2D eigenvalue weighted by Gasteiger charge is 2.62. The summed E-state index contributed by atoms with van der Waals surface area (Å²) in [6, 6.07) is 8.24. The Bertz CT molecular complexity index is 524. The molecule has 0 spiro atoms. The van der Waals surface area contributed by atoms with E-state index in [2.05, 4.69) is 0 Å². The van der Waals surface area contributed by atoms with Crippen LogP contribution in [0.2, 0.25) is 0 Å². The lowest BCUT2D eigenvalue weighted by molar-refractivity contribution is -0.151. The monoisotopic (exact) mass is 293 g/mol. The number of benzene rings is 1. The first-order valence-corrected chi connectivity index (χ1v) is 7.28. The summed E-state index contributed by atoms with van der Waals surface area (Å²) in [7, 11) is 1.32. The molecule has 2 aliphatic rings. The summed E-state index contributed by atoms with van der Waals surface area (Å²) in [5.74, 6) is -0.900. The molecule has 1 aliphatic carbocycles. The molecule has 6 atom stereocenters. The molecule has 0 radical (unpaired) electrons. The second-order valence-electron chi connectivity index (χ2n) is 5.90. The first-order valence-electron chi connectivity index (χ1n) is 7.28. The van der Waals surface area contributed by atoms with Gasteiger partial charge in [-0.05, 0) is 18.9 Å². The molecule has 114 valence electrons. The van der Waals surface area contributed by atoms with Crippen molar-refractivity contribution in [3.63, 3.8) is 0 Å². The Balaban J connectivity index is 1.95. The number of hydrogen-bond donors (Lipinski definition) is 1. The molecule has 0 amide bonds. The highest BCUT2D eigenvalue weighted by atomic mass is 19.1. The van der Waals surface area contributed by atoms with Gasteiger partial charge in [0.15, 0.2) is 0 Å². The Kier molecular flexibility index (Phi) is 3.71. The van der Waals surface area contributed by atoms with Gasteiger partial charge >= 0.3 is 5.97 Å². The van der Waals surface area contributed by atoms with Gasteiger partial charge < -0.3 is 9.84 Å². The Morgan fingerprint density at radius 2 is 2.10 bits per heavy atom. The molecule has 0 unspecified atom stereocenters. The van der Waals surface area contributed by atoms with E-state index in [4.69, 9.17) is 4.74 Å². The van der Waals surface area contributed by atoms with Crippen molar-refractivity contribution >= 4 is 5.97 Å². The summed E-state index contributed by atoms with van der Waals surface area (Å²) in [5.41, 5.74) is 0.998. The molecule has 3 rings (SSSR count). The number of rotatable bonds is 3. The molecule has 1 heterocycles. The number of aliphatic hydroxyl groups is 1. The number of fused-ring (bicyclic) bond motifs is 2. The summed E-state index contributed by atoms with van der Waals surface area (Å²) in [6.45, 7) is 1.94. The van der Waals surface area contributed by atoms with Gasteiger partial charge in [0.05, 0.1) is 19.3 Å². The fourth-order valence-electron chi connectivity index (χ4n) is 3.91. The van der Waals surface area contributed by atoms with Gasteiger partial charge in [-0.25, -0.2) is 4.39 Å². The molecule has 2 fully saturated rings. The molecule has 1 saturated heterocycles. The lowest BCUT2D eigenvalue weighted by Crippen LogP contribution is -2.52. The van der Waals surface area contributed by atoms with E-state index in [1.54, 1.807) is 4.90 Å². The van der Waals surface area contributed by atoms with Gasteiger partial charge in [-0.2, -0.15) is 0 Å². The number of methoxy groups -OCH3 is 1. The van der Waals surface area contributed by atoms with E-state index < -0.39 is 36.2 Å². The largest absolute Gasteiger partial charge is 0.468 e. The number of nitrogens with zero attached hydrogens (tertiary/aromatic N) is 1. The third-order valence-electron chi connectivity index (χ3n) is 4.89. The van der Waals surface area contributed by atoms with Crippen molar-refractivity contribution < 1.29 is 19.0 Å². The number of halogens is 1. The minimum absolute atomic E-state index is 0.154. The fraction of sp³-hybridized carbons (Fsp3) is 0.562. The van der Waals surface area contributed by atoms with Crippen LogP contribution < -0.4 is 0 Å². The van der Waals surface area contributed by atoms with Crippen LogP contribution in [-0.4, -0.2) is 47.4 Å². The molecule has 21 heavy (non-hydrogen) atoms. The molecule has 5 heteroatoms. The normalized spacial score (nSPS) is 36.7. The maximum absolute atomic E-state index is 14.5. The average Bonchev–Trinajstić information content (AvgIpc) is 2.95. The summed E-state index contributed by atoms with van der Waals surface area (Å²) < 4.78 is 19.3. The molecular weight excluding hydrogens is 273 g/mol. The van der Waals surface area contributed by atoms with Crippen LogP contribution in [0, 0.1) is 5.92 Å². The maximum atomic E-state index is 14.5. The van der Waals surface area contributed by atoms with E-state index in [0.717, 1.165) is 5.56 Å². The van der Waals surface area contributed by atoms with Gasteiger partial charge in [0.2, 0.25) is 0 Å². The topological polar surface area (TPSA) is 49.8 Å². The third kappa shape index (κ3) is 2.15. The van der Waals surface area contributed by atoms with Crippen LogP contribution in [0.4, 0.5) is 4.39 Å². The average molecular weight is 293 g/mol. The van der Waals surface area contributed by atoms with E-state index >= 15 is 0 Å². The van der Waals surface area contributed by atoms with Gasteiger partial charge in [0, 0.05) is 12.0 Å². The summed E-state index contributed by atoms with van der Waals surface area (Å²) >= 11 is 0. The van der Waals surface area contributed by atoms with Gasteiger partial charge in [0.25, 0.3) is 0 Å². The lowest BCUT2D eigenvalue weighted by atomic mass is 9.94. The Morgan fingerprint density at radius 1 is 1.43 bits per heavy atom. The Hall–Kier alpha value is -1.46. The summed E-state index contributed by atoms with van der Waals surface area (Å²) in [6.07, 6.45) is -1.59. The van der Waals surface area contributed by atoms with Crippen LogP contribution in [0.1, 0.15) is 24.9 Å². The standard InChI is InChI=1S/C16H20FNO3/c1-9(10-6-4-3-5-7-10)18-14(16(20)21-2)11-8-12(19)15(18)13(11)17/h3-7,9,11-15,19H,8H2,1-2H3/t9-,11-,12-,13-,14+,15+/m1/s1. The van der Waals surface area contributed by atoms with E-state index in [1.807, 2.05) is 37.3 Å². The van der Waals surface area contributed by atoms with Gasteiger partial charge in [-0.1, -0.05) is 30.3 Å². The zero-order chi connectivity index (χ0) is 15.1. The number of piperidine rings is 1. The summed E-state index contributed by atoms with van der Waals surface area (Å²) in [4.78, 5) is 13.9. The van der Waals surface area contributed by atoms with Crippen molar-refractivity contribution in [2.24, 2.45) is 5.92 Å². The smallest absolute Gasteiger partial charge is 0.323 e. The van der Waals surface area contributed by atoms with Crippen molar-refractivity contribution in [2.75, 3.05) is 7.11 Å². The molecule has 0 aromatic heterocycles. The fourth-order valence-corrected chi connectivity index (χ4v) is 3.91. The Morgan fingerprint density at radius 3 is 2.71 bits per heavy atom. The van der Waals surface area contributed by atoms with Crippen LogP contribution in [0.15, 0.2) is 30.3 Å². The van der Waals surface area contributed by atoms with E-state index in [-0.39, 0.29) is 6.04 Å². The number of ether oxygens (including phenoxy) is 1. The van der Waals surface area contributed by atoms with Crippen molar-refractivity contribution in [3.05, 3.63) is 35.9 Å². The number of carbonyl (C=O) groups excluding carboxylic acids is 1. The predicted molar refractivity (Wildman–Crippen MR) is 75.3 cm³/mol. The van der Waals surface area contributed by atoms with Crippen molar-refractivity contribution in [2.45, 2.75) is 43.7 Å². The van der Waals surface area contributed by atoms with E-state index in [9.17, 15) is 14.3 Å². The van der Waals surface area contributed by atoms with Crippen LogP contribution in [0.5, 0.6) is 0 Å². The minimum Gasteiger partial charge on any atom is -0.468 e. The number of carbonyl (C=O) groups is 1. The molecule has 1 aliphatic heterocycles. The highest BCUT2D eigenvalue weighted by Crippen LogP contribution is 2.48. The number of likely N-dealkylation sites (tertiary alicyclic amines) is 1. The van der Waals surface area contributed by atoms with Gasteiger partial charge in [-0.15, -0.1) is 0 Å². The van der Waals surface area contributed by atoms with E-state index in [0.29, 0.717) is 6.42 Å². The number of alkyl halides is 1. The third-order valence-corrected chi connectivity index (χ3v) is 4.89. The zero-order valence-corrected chi connectivity index (χ0v) is 12.1. The highest BCUT2D eigenvalue weighted by molar-refractivity contribution is 5.77. The number of esters is 1. The van der Waals surface area contributed by atoms with Crippen molar-refractivity contribution in [1.29, 1.82) is 0 Å². The maximum Gasteiger partial charge on any atom is 0.323 e. The van der Waals surface area contributed by atoms with Crippen LogP contribution in [0.25, 0.3) is 0 Å². The molecule has 1 aromatic carbocycles. The summed E-state index contributed by atoms with van der Waals surface area (Å²) in [5, 5.41) is 10.1. The van der Waals surface area contributed by atoms with Crippen molar-refractivity contribution in [1.82, 2.24) is 4.90 Å². The van der Waals surface area contributed by atoms with Crippen molar-refractivity contribution in [3.8, 4) is 0 Å². The molecule has 1 saturated carbocycles. The SMILES string of the molecule is COC(=O)[C@@H]1[C@@H]2C[C@@H](O)[C@@H]([C@@H]2F)N1[C@H](C)c1ccccc1. The molecule has 1 N–H and O–H groups in total. The zero-order valence-electron chi connectivity index (χ0n) is 12.1. The van der Waals surface area contributed by atoms with Crippen LogP contribution >= 0.6 is 0 Å². The minimum atomic E-state index is -1.18. The lowest BCUT2D eigenvalue weighted by Gasteiger charge is -2.39. The predicted octanol–water partition coefficient (Wildman–Crippen LogP) is 1.69. The quantitative estimate of drug-likeness (QED) is 0.862. The molecule has 4 nitrogen and oxygen atoms in total. The Labute approximate surface area is 123 Å². The van der Waals surface area contributed by atoms with Gasteiger partial charge in [0.1, 0.15) is 12.2 Å². The first kappa shape index (κ1) is 14.5. The van der Waals surface area contributed by atoms with E-state index in [1.165, 1.54) is 7.11 Å². The molecule has 2 bridgehead atoms.